The van der Waals surface area contributed by atoms with Crippen LogP contribution in [0.3, 0.4) is 0 Å². The van der Waals surface area contributed by atoms with Gasteiger partial charge in [-0.05, 0) is 11.6 Å². The molecule has 1 saturated heterocycles. The molecule has 0 atom stereocenters. The Hall–Kier alpha value is -0.900. The van der Waals surface area contributed by atoms with E-state index in [1.807, 2.05) is 0 Å². The SMILES string of the molecule is O=S1(=O)CC(c2ccccc2F)C1. The summed E-state index contributed by atoms with van der Waals surface area (Å²) < 4.78 is 34.8. The minimum absolute atomic E-state index is 0.0912. The van der Waals surface area contributed by atoms with Gasteiger partial charge in [0.2, 0.25) is 0 Å². The van der Waals surface area contributed by atoms with Gasteiger partial charge in [0.25, 0.3) is 0 Å². The summed E-state index contributed by atoms with van der Waals surface area (Å²) in [4.78, 5) is 0. The van der Waals surface area contributed by atoms with E-state index in [0.717, 1.165) is 0 Å². The zero-order valence-corrected chi connectivity index (χ0v) is 7.72. The number of hydrogen-bond acceptors (Lipinski definition) is 2. The molecule has 1 aliphatic rings. The Morgan fingerprint density at radius 3 is 2.38 bits per heavy atom. The molecule has 0 saturated carbocycles. The van der Waals surface area contributed by atoms with Crippen molar-refractivity contribution in [3.63, 3.8) is 0 Å². The highest BCUT2D eigenvalue weighted by Gasteiger charge is 2.35. The number of halogens is 1. The Morgan fingerprint density at radius 2 is 1.85 bits per heavy atom. The first-order chi connectivity index (χ1) is 6.08. The van der Waals surface area contributed by atoms with Gasteiger partial charge in [0.1, 0.15) is 5.82 Å². The Balaban J connectivity index is 2.25. The van der Waals surface area contributed by atoms with E-state index in [1.54, 1.807) is 18.2 Å². The molecule has 0 aliphatic carbocycles. The predicted octanol–water partition coefficient (Wildman–Crippen LogP) is 1.34. The molecule has 2 nitrogen and oxygen atoms in total. The van der Waals surface area contributed by atoms with E-state index in [9.17, 15) is 12.8 Å². The average molecular weight is 200 g/mol. The lowest BCUT2D eigenvalue weighted by Gasteiger charge is -2.26. The third-order valence-corrected chi connectivity index (χ3v) is 4.08. The van der Waals surface area contributed by atoms with Crippen molar-refractivity contribution >= 4 is 9.84 Å². The molecule has 0 N–H and O–H groups in total. The minimum atomic E-state index is -2.86. The molecule has 0 radical (unpaired) electrons. The average Bonchev–Trinajstić information content (AvgIpc) is 2.01. The maximum atomic E-state index is 13.1. The van der Waals surface area contributed by atoms with Gasteiger partial charge in [0, 0.05) is 5.92 Å². The zero-order valence-electron chi connectivity index (χ0n) is 6.90. The smallest absolute Gasteiger partial charge is 0.151 e. The van der Waals surface area contributed by atoms with E-state index in [-0.39, 0.29) is 23.2 Å². The van der Waals surface area contributed by atoms with Gasteiger partial charge < -0.3 is 0 Å². The van der Waals surface area contributed by atoms with Crippen molar-refractivity contribution in [3.8, 4) is 0 Å². The summed E-state index contributed by atoms with van der Waals surface area (Å²) in [5.74, 6) is -0.254. The highest BCUT2D eigenvalue weighted by molar-refractivity contribution is 7.92. The molecule has 0 spiro atoms. The van der Waals surface area contributed by atoms with E-state index in [4.69, 9.17) is 0 Å². The topological polar surface area (TPSA) is 34.1 Å². The lowest BCUT2D eigenvalue weighted by atomic mass is 10.0. The summed E-state index contributed by atoms with van der Waals surface area (Å²) in [6, 6.07) is 6.34. The summed E-state index contributed by atoms with van der Waals surface area (Å²) in [5, 5.41) is 0. The minimum Gasteiger partial charge on any atom is -0.229 e. The molecule has 1 aromatic rings. The fourth-order valence-electron chi connectivity index (χ4n) is 1.55. The monoisotopic (exact) mass is 200 g/mol. The number of sulfone groups is 1. The van der Waals surface area contributed by atoms with Crippen molar-refractivity contribution in [2.75, 3.05) is 11.5 Å². The third kappa shape index (κ3) is 1.58. The summed E-state index contributed by atoms with van der Waals surface area (Å²) in [5.41, 5.74) is 0.525. The van der Waals surface area contributed by atoms with Crippen molar-refractivity contribution in [2.24, 2.45) is 0 Å². The second-order valence-electron chi connectivity index (χ2n) is 3.30. The van der Waals surface area contributed by atoms with Crippen molar-refractivity contribution in [3.05, 3.63) is 35.6 Å². The first kappa shape index (κ1) is 8.69. The van der Waals surface area contributed by atoms with Crippen LogP contribution < -0.4 is 0 Å². The fourth-order valence-corrected chi connectivity index (χ4v) is 3.04. The van der Waals surface area contributed by atoms with Gasteiger partial charge in [-0.2, -0.15) is 0 Å². The van der Waals surface area contributed by atoms with Crippen LogP contribution in [0.4, 0.5) is 4.39 Å². The maximum Gasteiger partial charge on any atom is 0.151 e. The molecular formula is C9H9FO2S. The molecule has 1 aliphatic heterocycles. The van der Waals surface area contributed by atoms with E-state index >= 15 is 0 Å². The molecule has 1 heterocycles. The van der Waals surface area contributed by atoms with Gasteiger partial charge in [-0.25, -0.2) is 12.8 Å². The molecule has 0 amide bonds. The van der Waals surface area contributed by atoms with E-state index in [2.05, 4.69) is 0 Å². The third-order valence-electron chi connectivity index (χ3n) is 2.26. The van der Waals surface area contributed by atoms with Crippen LogP contribution in [0.1, 0.15) is 11.5 Å². The lowest BCUT2D eigenvalue weighted by Crippen LogP contribution is -2.34. The number of rotatable bonds is 1. The predicted molar refractivity (Wildman–Crippen MR) is 47.8 cm³/mol. The van der Waals surface area contributed by atoms with E-state index < -0.39 is 9.84 Å². The van der Waals surface area contributed by atoms with Crippen LogP contribution in [-0.2, 0) is 9.84 Å². The molecular weight excluding hydrogens is 191 g/mol. The Morgan fingerprint density at radius 1 is 1.23 bits per heavy atom. The first-order valence-electron chi connectivity index (χ1n) is 4.03. The van der Waals surface area contributed by atoms with Crippen LogP contribution in [0.25, 0.3) is 0 Å². The van der Waals surface area contributed by atoms with Crippen LogP contribution in [0.15, 0.2) is 24.3 Å². The van der Waals surface area contributed by atoms with Crippen LogP contribution in [0.5, 0.6) is 0 Å². The summed E-state index contributed by atoms with van der Waals surface area (Å²) >= 11 is 0. The molecule has 0 bridgehead atoms. The Kier molecular flexibility index (Phi) is 1.87. The molecule has 0 unspecified atom stereocenters. The molecule has 13 heavy (non-hydrogen) atoms. The molecule has 4 heteroatoms. The molecule has 1 aromatic carbocycles. The second-order valence-corrected chi connectivity index (χ2v) is 5.45. The van der Waals surface area contributed by atoms with Crippen molar-refractivity contribution < 1.29 is 12.8 Å². The Bertz CT molecular complexity index is 413. The summed E-state index contributed by atoms with van der Waals surface area (Å²) in [6.45, 7) is 0. The molecule has 1 fully saturated rings. The highest BCUT2D eigenvalue weighted by atomic mass is 32.2. The Labute approximate surface area is 76.3 Å². The summed E-state index contributed by atoms with van der Waals surface area (Å²) in [6.07, 6.45) is 0. The van der Waals surface area contributed by atoms with Gasteiger partial charge in [-0.15, -0.1) is 0 Å². The van der Waals surface area contributed by atoms with Crippen molar-refractivity contribution in [1.82, 2.24) is 0 Å². The number of hydrogen-bond donors (Lipinski definition) is 0. The van der Waals surface area contributed by atoms with Crippen LogP contribution in [0.2, 0.25) is 0 Å². The molecule has 2 rings (SSSR count). The van der Waals surface area contributed by atoms with Crippen molar-refractivity contribution in [1.29, 1.82) is 0 Å². The van der Waals surface area contributed by atoms with E-state index in [1.165, 1.54) is 6.07 Å². The van der Waals surface area contributed by atoms with Gasteiger partial charge >= 0.3 is 0 Å². The second kappa shape index (κ2) is 2.80. The largest absolute Gasteiger partial charge is 0.229 e. The lowest BCUT2D eigenvalue weighted by molar-refractivity contribution is 0.550. The van der Waals surface area contributed by atoms with Crippen molar-refractivity contribution in [2.45, 2.75) is 5.92 Å². The van der Waals surface area contributed by atoms with Crippen LogP contribution in [-0.4, -0.2) is 19.9 Å². The summed E-state index contributed by atoms with van der Waals surface area (Å²) in [7, 11) is -2.86. The maximum absolute atomic E-state index is 13.1. The van der Waals surface area contributed by atoms with E-state index in [0.29, 0.717) is 5.56 Å². The quantitative estimate of drug-likeness (QED) is 0.685. The van der Waals surface area contributed by atoms with Crippen LogP contribution in [0, 0.1) is 5.82 Å². The van der Waals surface area contributed by atoms with Gasteiger partial charge in [0.05, 0.1) is 11.5 Å². The van der Waals surface area contributed by atoms with Crippen LogP contribution >= 0.6 is 0 Å². The number of benzene rings is 1. The van der Waals surface area contributed by atoms with Gasteiger partial charge in [-0.3, -0.25) is 0 Å². The first-order valence-corrected chi connectivity index (χ1v) is 5.85. The standard InChI is InChI=1S/C9H9FO2S/c10-9-4-2-1-3-8(9)7-5-13(11,12)6-7/h1-4,7H,5-6H2. The van der Waals surface area contributed by atoms with Gasteiger partial charge in [0.15, 0.2) is 9.84 Å². The fraction of sp³-hybridized carbons (Fsp3) is 0.333. The molecule has 70 valence electrons. The molecule has 0 aromatic heterocycles. The normalized spacial score (nSPS) is 21.0. The van der Waals surface area contributed by atoms with Gasteiger partial charge in [-0.1, -0.05) is 18.2 Å². The highest BCUT2D eigenvalue weighted by Crippen LogP contribution is 2.30. The zero-order chi connectivity index (χ0) is 9.47.